The van der Waals surface area contributed by atoms with Crippen LogP contribution in [0.4, 0.5) is 11.6 Å². The van der Waals surface area contributed by atoms with Gasteiger partial charge in [-0.2, -0.15) is 26.9 Å². The number of rotatable bonds is 5. The van der Waals surface area contributed by atoms with Gasteiger partial charge >= 0.3 is 6.01 Å². The maximum atomic E-state index is 12.7. The van der Waals surface area contributed by atoms with Crippen LogP contribution in [0.15, 0.2) is 82.8 Å². The molecule has 6 N–H and O–H groups in total. The number of nitrogens with zero attached hydrogens (tertiary/aromatic N) is 7. The highest BCUT2D eigenvalue weighted by molar-refractivity contribution is 7.93. The van der Waals surface area contributed by atoms with Gasteiger partial charge in [-0.1, -0.05) is 36.4 Å². The second-order valence-corrected chi connectivity index (χ2v) is 17.2. The molecule has 4 aliphatic rings. The van der Waals surface area contributed by atoms with Crippen molar-refractivity contribution in [2.24, 2.45) is 0 Å². The van der Waals surface area contributed by atoms with Crippen molar-refractivity contribution >= 4 is 65.9 Å². The zero-order valence-corrected chi connectivity index (χ0v) is 32.4. The lowest BCUT2D eigenvalue weighted by atomic mass is 10.2. The number of β-amino-alcohol motifs (C(OH)–C–C–N with tert-alkyl or cyclic N) is 1. The lowest BCUT2D eigenvalue weighted by Crippen LogP contribution is -2.55. The van der Waals surface area contributed by atoms with Crippen LogP contribution in [0.3, 0.4) is 0 Å². The molecule has 23 heteroatoms. The zero-order chi connectivity index (χ0) is 37.0. The number of thiol groups is 1. The Morgan fingerprint density at radius 1 is 0.811 bits per heavy atom. The Morgan fingerprint density at radius 2 is 1.26 bits per heavy atom. The third-order valence-corrected chi connectivity index (χ3v) is 12.9. The molecule has 2 saturated heterocycles. The molecule has 4 aliphatic heterocycles. The molecular weight excluding hydrogens is 796 g/mol. The monoisotopic (exact) mass is 834 g/mol. The number of aliphatic hydroxyl groups excluding tert-OH is 1. The van der Waals surface area contributed by atoms with Crippen molar-refractivity contribution in [3.05, 3.63) is 89.5 Å². The number of aliphatic hydroxyl groups is 1. The number of hydrogen-bond donors (Lipinski definition) is 3. The van der Waals surface area contributed by atoms with E-state index in [1.807, 2.05) is 6.07 Å². The Bertz CT molecular complexity index is 2190. The summed E-state index contributed by atoms with van der Waals surface area (Å²) in [6, 6.07) is 16.7. The molecule has 53 heavy (non-hydrogen) atoms. The summed E-state index contributed by atoms with van der Waals surface area (Å²) in [4.78, 5) is 16.4. The van der Waals surface area contributed by atoms with Crippen LogP contribution in [0.5, 0.6) is 6.01 Å². The van der Waals surface area contributed by atoms with Gasteiger partial charge in [0, 0.05) is 37.6 Å². The fourth-order valence-electron chi connectivity index (χ4n) is 5.06. The number of nitrogens with one attached hydrogen (secondary N) is 1. The molecule has 8 rings (SSSR count). The summed E-state index contributed by atoms with van der Waals surface area (Å²) >= 11 is 9.21. The number of benzene rings is 2. The first kappa shape index (κ1) is 43.7. The molecule has 0 saturated carbocycles. The number of anilines is 2. The summed E-state index contributed by atoms with van der Waals surface area (Å²) in [6.45, 7) is 2.49. The Hall–Kier alpha value is -3.71. The van der Waals surface area contributed by atoms with Gasteiger partial charge in [0.25, 0.3) is 20.0 Å². The molecule has 290 valence electrons. The molecule has 0 bridgehead atoms. The Kier molecular flexibility index (Phi) is 14.9. The third kappa shape index (κ3) is 9.89. The number of aromatic nitrogens is 4. The van der Waals surface area contributed by atoms with Crippen LogP contribution in [-0.2, 0) is 43.2 Å². The predicted molar refractivity (Wildman–Crippen MR) is 201 cm³/mol. The molecule has 4 aromatic rings. The van der Waals surface area contributed by atoms with E-state index in [-0.39, 0.29) is 77.2 Å². The van der Waals surface area contributed by atoms with Gasteiger partial charge in [-0.3, -0.25) is 0 Å². The number of halogens is 1. The van der Waals surface area contributed by atoms with Crippen LogP contribution in [0.2, 0.25) is 5.28 Å². The van der Waals surface area contributed by atoms with Gasteiger partial charge in [0.15, 0.2) is 0 Å². The highest BCUT2D eigenvalue weighted by Crippen LogP contribution is 2.35. The van der Waals surface area contributed by atoms with Crippen LogP contribution < -0.4 is 18.7 Å². The van der Waals surface area contributed by atoms with E-state index in [1.54, 1.807) is 48.7 Å². The van der Waals surface area contributed by atoms with Gasteiger partial charge < -0.3 is 26.1 Å². The molecule has 0 amide bonds. The van der Waals surface area contributed by atoms with Gasteiger partial charge in [-0.25, -0.2) is 43.8 Å². The largest absolute Gasteiger partial charge is 0.457 e. The van der Waals surface area contributed by atoms with Crippen molar-refractivity contribution in [3.63, 3.8) is 0 Å². The fourth-order valence-corrected chi connectivity index (χ4v) is 9.29. The summed E-state index contributed by atoms with van der Waals surface area (Å²) in [5.41, 5.74) is 1.46. The maximum absolute atomic E-state index is 12.7. The number of ether oxygens (including phenoxy) is 1. The van der Waals surface area contributed by atoms with Gasteiger partial charge in [0.05, 0.1) is 48.3 Å². The van der Waals surface area contributed by atoms with E-state index in [0.29, 0.717) is 10.5 Å². The van der Waals surface area contributed by atoms with Crippen molar-refractivity contribution in [3.8, 4) is 6.01 Å². The highest BCUT2D eigenvalue weighted by Gasteiger charge is 2.38. The minimum Gasteiger partial charge on any atom is -0.457 e. The average molecular weight is 835 g/mol. The number of fused-ring (bicyclic) bond motifs is 2. The predicted octanol–water partition coefficient (Wildman–Crippen LogP) is -0.106. The molecule has 0 aliphatic carbocycles. The second-order valence-electron chi connectivity index (χ2n) is 11.3. The van der Waals surface area contributed by atoms with E-state index in [4.69, 9.17) is 21.4 Å². The highest BCUT2D eigenvalue weighted by atomic mass is 35.5. The van der Waals surface area contributed by atoms with Crippen LogP contribution in [-0.4, -0.2) is 116 Å². The molecule has 0 radical (unpaired) electrons. The summed E-state index contributed by atoms with van der Waals surface area (Å²) in [5, 5.41) is 11.3. The molecule has 0 unspecified atom stereocenters. The Balaban J connectivity index is 0.000000243. The van der Waals surface area contributed by atoms with E-state index < -0.39 is 30.1 Å². The quantitative estimate of drug-likeness (QED) is 0.175. The normalized spacial score (nSPS) is 17.9. The van der Waals surface area contributed by atoms with Gasteiger partial charge in [-0.15, -0.1) is 0 Å². The van der Waals surface area contributed by atoms with Crippen LogP contribution in [0.25, 0.3) is 0 Å². The fraction of sp³-hybridized carbons (Fsp3) is 0.333. The molecule has 6 heterocycles. The minimum atomic E-state index is -3.66. The molecular formula is C30H39ClN8O10S4. The van der Waals surface area contributed by atoms with E-state index in [0.717, 1.165) is 24.9 Å². The Morgan fingerprint density at radius 3 is 1.68 bits per heavy atom. The lowest BCUT2D eigenvalue weighted by molar-refractivity contribution is 0.0682. The second kappa shape index (κ2) is 18.1. The summed E-state index contributed by atoms with van der Waals surface area (Å²) in [6.07, 6.45) is 5.28. The number of sulfonamides is 3. The molecule has 2 aromatic carbocycles. The standard InChI is InChI=1S/C15H16N4O5S2.C11H8ClN3O2S.C3H7NO.CH4S.2H2O/c1-25(20,21)18-9-12(10-18)24-15-16-7-6-14(17-15)19-8-11-4-2-3-5-13(11)26(19,22)23;12-11-13-6-5-10(14-11)15-7-8-3-1-2-4-9(8)18(15,16)17;5-3-1-4-2-3;1-2;;/h2-7,12H,8-10H2,1H3;1-6H,7H2;3-5H,1-2H2;2H,1H3;2*1H2. The van der Waals surface area contributed by atoms with Crippen molar-refractivity contribution < 1.29 is 46.0 Å². The molecule has 0 spiro atoms. The lowest BCUT2D eigenvalue weighted by Gasteiger charge is -2.36. The van der Waals surface area contributed by atoms with Crippen LogP contribution in [0, 0.1) is 0 Å². The molecule has 2 aromatic heterocycles. The van der Waals surface area contributed by atoms with Crippen LogP contribution >= 0.6 is 24.2 Å². The Labute approximate surface area is 318 Å². The summed E-state index contributed by atoms with van der Waals surface area (Å²) in [5.74, 6) is 0.497. The van der Waals surface area contributed by atoms with Crippen molar-refractivity contribution in [2.45, 2.75) is 35.1 Å². The summed E-state index contributed by atoms with van der Waals surface area (Å²) < 4.78 is 82.1. The zero-order valence-electron chi connectivity index (χ0n) is 28.3. The number of hydrogen-bond acceptors (Lipinski definition) is 14. The maximum Gasteiger partial charge on any atom is 0.318 e. The van der Waals surface area contributed by atoms with Crippen molar-refractivity contribution in [1.82, 2.24) is 29.6 Å². The van der Waals surface area contributed by atoms with E-state index in [9.17, 15) is 25.3 Å². The molecule has 0 atom stereocenters. The van der Waals surface area contributed by atoms with Gasteiger partial charge in [-0.05, 0) is 41.1 Å². The van der Waals surface area contributed by atoms with Crippen LogP contribution in [0.1, 0.15) is 11.1 Å². The van der Waals surface area contributed by atoms with Crippen molar-refractivity contribution in [2.75, 3.05) is 47.3 Å². The first-order valence-corrected chi connectivity index (χ1v) is 21.2. The summed E-state index contributed by atoms with van der Waals surface area (Å²) in [7, 11) is -10.4. The third-order valence-electron chi connectivity index (χ3n) is 7.77. The molecule has 2 fully saturated rings. The van der Waals surface area contributed by atoms with Gasteiger partial charge in [0.1, 0.15) is 17.7 Å². The average Bonchev–Trinajstić information content (AvgIpc) is 3.51. The molecule has 18 nitrogen and oxygen atoms in total. The van der Waals surface area contributed by atoms with E-state index >= 15 is 0 Å². The SMILES string of the molecule is CS.CS(=O)(=O)N1CC(Oc2nccc(N3Cc4ccccc4S3(=O)=O)n2)C1.O.O.O=S1(=O)c2ccccc2CN1c1ccnc(Cl)n1.OC1CNC1. The first-order valence-electron chi connectivity index (χ1n) is 15.2. The van der Waals surface area contributed by atoms with Crippen molar-refractivity contribution in [1.29, 1.82) is 0 Å². The topological polar surface area (TPSA) is 268 Å². The van der Waals surface area contributed by atoms with Gasteiger partial charge in [0.2, 0.25) is 15.3 Å². The first-order chi connectivity index (χ1) is 24.2. The van der Waals surface area contributed by atoms with E-state index in [2.05, 4.69) is 37.9 Å². The minimum absolute atomic E-state index is 0. The van der Waals surface area contributed by atoms with E-state index in [1.165, 1.54) is 37.4 Å². The smallest absolute Gasteiger partial charge is 0.318 e.